The van der Waals surface area contributed by atoms with E-state index in [4.69, 9.17) is 4.74 Å². The van der Waals surface area contributed by atoms with Crippen LogP contribution < -0.4 is 10.9 Å². The fourth-order valence-corrected chi connectivity index (χ4v) is 4.00. The van der Waals surface area contributed by atoms with Crippen molar-refractivity contribution >= 4 is 21.3 Å². The molecule has 2 aromatic carbocycles. The molecule has 1 aliphatic rings. The van der Waals surface area contributed by atoms with Gasteiger partial charge in [0, 0.05) is 23.6 Å². The normalized spacial score (nSPS) is 19.2. The number of hydrogen-bond acceptors (Lipinski definition) is 6. The molecule has 1 amide bonds. The smallest absolute Gasteiger partial charge is 0.280 e. The van der Waals surface area contributed by atoms with Gasteiger partial charge >= 0.3 is 0 Å². The minimum atomic E-state index is -3.47. The van der Waals surface area contributed by atoms with Crippen LogP contribution in [0.2, 0.25) is 0 Å². The minimum absolute atomic E-state index is 0.0561. The molecule has 0 aliphatic carbocycles. The van der Waals surface area contributed by atoms with Gasteiger partial charge in [-0.1, -0.05) is 24.3 Å². The highest BCUT2D eigenvalue weighted by molar-refractivity contribution is 7.90. The summed E-state index contributed by atoms with van der Waals surface area (Å²) < 4.78 is 58.7. The molecule has 10 heteroatoms. The van der Waals surface area contributed by atoms with E-state index in [2.05, 4.69) is 10.9 Å². The Kier molecular flexibility index (Phi) is 6.41. The number of rotatable bonds is 7. The first-order chi connectivity index (χ1) is 14.9. The van der Waals surface area contributed by atoms with Gasteiger partial charge in [-0.05, 0) is 44.0 Å². The van der Waals surface area contributed by atoms with Crippen molar-refractivity contribution in [2.45, 2.75) is 36.4 Å². The largest absolute Gasteiger partial charge is 0.390 e. The van der Waals surface area contributed by atoms with Crippen LogP contribution in [0.15, 0.2) is 53.6 Å². The SMILES string of the molecule is CC(C)(O)CCOC1(c2cccc(F)c2F)C(=O)NNC=C1c1ccc(S(C)(=O)=O)cc1. The first-order valence-corrected chi connectivity index (χ1v) is 11.6. The summed E-state index contributed by atoms with van der Waals surface area (Å²) in [5.74, 6) is -3.22. The zero-order valence-electron chi connectivity index (χ0n) is 17.8. The number of aliphatic hydroxyl groups is 1. The van der Waals surface area contributed by atoms with E-state index in [1.807, 2.05) is 0 Å². The third kappa shape index (κ3) is 4.67. The van der Waals surface area contributed by atoms with Gasteiger partial charge in [-0.3, -0.25) is 10.2 Å². The molecule has 0 saturated heterocycles. The molecule has 1 atom stereocenters. The lowest BCUT2D eigenvalue weighted by molar-refractivity contribution is -0.144. The Morgan fingerprint density at radius 2 is 1.78 bits per heavy atom. The number of ether oxygens (including phenoxy) is 1. The quantitative estimate of drug-likeness (QED) is 0.579. The number of carbonyl (C=O) groups excluding carboxylic acids is 1. The molecule has 0 saturated carbocycles. The van der Waals surface area contributed by atoms with Crippen LogP contribution in [0.25, 0.3) is 5.57 Å². The van der Waals surface area contributed by atoms with Gasteiger partial charge < -0.3 is 15.3 Å². The lowest BCUT2D eigenvalue weighted by Gasteiger charge is -2.38. The van der Waals surface area contributed by atoms with Crippen LogP contribution in [0.1, 0.15) is 31.4 Å². The average Bonchev–Trinajstić information content (AvgIpc) is 2.70. The number of halogens is 2. The molecule has 0 fully saturated rings. The summed E-state index contributed by atoms with van der Waals surface area (Å²) in [6.07, 6.45) is 2.53. The van der Waals surface area contributed by atoms with Crippen molar-refractivity contribution < 1.29 is 31.8 Å². The van der Waals surface area contributed by atoms with Crippen LogP contribution in [-0.4, -0.2) is 37.9 Å². The molecule has 1 aliphatic heterocycles. The summed E-state index contributed by atoms with van der Waals surface area (Å²) in [4.78, 5) is 13.2. The van der Waals surface area contributed by atoms with Crippen molar-refractivity contribution in [1.82, 2.24) is 10.9 Å². The number of nitrogens with one attached hydrogen (secondary N) is 2. The number of sulfone groups is 1. The third-order valence-corrected chi connectivity index (χ3v) is 6.19. The highest BCUT2D eigenvalue weighted by atomic mass is 32.2. The van der Waals surface area contributed by atoms with Gasteiger partial charge in [-0.15, -0.1) is 0 Å². The first kappa shape index (κ1) is 23.8. The van der Waals surface area contributed by atoms with E-state index in [0.29, 0.717) is 5.56 Å². The van der Waals surface area contributed by atoms with Crippen LogP contribution >= 0.6 is 0 Å². The minimum Gasteiger partial charge on any atom is -0.390 e. The highest BCUT2D eigenvalue weighted by Gasteiger charge is 2.50. The van der Waals surface area contributed by atoms with Crippen LogP contribution in [0, 0.1) is 11.6 Å². The fourth-order valence-electron chi connectivity index (χ4n) is 3.37. The number of hydrazine groups is 1. The predicted octanol–water partition coefficient (Wildman–Crippen LogP) is 2.42. The van der Waals surface area contributed by atoms with Gasteiger partial charge in [-0.2, -0.15) is 0 Å². The van der Waals surface area contributed by atoms with Crippen molar-refractivity contribution in [1.29, 1.82) is 0 Å². The molecule has 0 bridgehead atoms. The van der Waals surface area contributed by atoms with Crippen molar-refractivity contribution in [3.8, 4) is 0 Å². The van der Waals surface area contributed by atoms with Crippen molar-refractivity contribution in [3.63, 3.8) is 0 Å². The maximum atomic E-state index is 15.0. The third-order valence-electron chi connectivity index (χ3n) is 5.06. The Labute approximate surface area is 185 Å². The summed E-state index contributed by atoms with van der Waals surface area (Å²) in [6, 6.07) is 9.03. The van der Waals surface area contributed by atoms with E-state index in [-0.39, 0.29) is 29.1 Å². The molecule has 3 N–H and O–H groups in total. The molecular weight excluding hydrogens is 442 g/mol. The summed E-state index contributed by atoms with van der Waals surface area (Å²) in [6.45, 7) is 2.94. The summed E-state index contributed by atoms with van der Waals surface area (Å²) >= 11 is 0. The lowest BCUT2D eigenvalue weighted by atomic mass is 9.80. The van der Waals surface area contributed by atoms with Crippen LogP contribution in [-0.2, 0) is 25.0 Å². The Hall–Kier alpha value is -2.82. The predicted molar refractivity (Wildman–Crippen MR) is 114 cm³/mol. The van der Waals surface area contributed by atoms with Gasteiger partial charge in [0.2, 0.25) is 5.60 Å². The highest BCUT2D eigenvalue weighted by Crippen LogP contribution is 2.43. The van der Waals surface area contributed by atoms with Gasteiger partial charge in [-0.25, -0.2) is 17.2 Å². The second-order valence-electron chi connectivity index (χ2n) is 8.15. The maximum absolute atomic E-state index is 15.0. The van der Waals surface area contributed by atoms with E-state index >= 15 is 0 Å². The Bertz CT molecular complexity index is 1160. The van der Waals surface area contributed by atoms with E-state index in [0.717, 1.165) is 12.3 Å². The second kappa shape index (κ2) is 8.61. The van der Waals surface area contributed by atoms with Crippen LogP contribution in [0.3, 0.4) is 0 Å². The molecule has 0 radical (unpaired) electrons. The van der Waals surface area contributed by atoms with Crippen LogP contribution in [0.5, 0.6) is 0 Å². The second-order valence-corrected chi connectivity index (χ2v) is 10.2. The van der Waals surface area contributed by atoms with Gasteiger partial charge in [0.1, 0.15) is 0 Å². The molecule has 3 rings (SSSR count). The molecular formula is C22H24F2N2O5S. The number of carbonyl (C=O) groups is 1. The zero-order valence-corrected chi connectivity index (χ0v) is 18.6. The molecule has 172 valence electrons. The molecule has 0 spiro atoms. The molecule has 1 unspecified atom stereocenters. The number of amides is 1. The number of hydrogen-bond donors (Lipinski definition) is 3. The van der Waals surface area contributed by atoms with Gasteiger partial charge in [0.15, 0.2) is 21.5 Å². The molecule has 7 nitrogen and oxygen atoms in total. The monoisotopic (exact) mass is 466 g/mol. The van der Waals surface area contributed by atoms with E-state index in [9.17, 15) is 27.1 Å². The molecule has 32 heavy (non-hydrogen) atoms. The molecule has 1 heterocycles. The number of benzene rings is 2. The maximum Gasteiger partial charge on any atom is 0.280 e. The Morgan fingerprint density at radius 3 is 2.38 bits per heavy atom. The van der Waals surface area contributed by atoms with E-state index in [1.54, 1.807) is 13.8 Å². The first-order valence-electron chi connectivity index (χ1n) is 9.74. The summed E-state index contributed by atoms with van der Waals surface area (Å²) in [5, 5.41) is 10.1. The molecule has 2 aromatic rings. The molecule has 0 aromatic heterocycles. The lowest BCUT2D eigenvalue weighted by Crippen LogP contribution is -2.55. The van der Waals surface area contributed by atoms with E-state index in [1.165, 1.54) is 42.6 Å². The standard InChI is InChI=1S/C22H24F2N2O5S/c1-21(2,28)11-12-31-22(16-5-4-6-18(23)19(16)24)17(13-25-26-20(22)27)14-7-9-15(10-8-14)32(3,29)30/h4-10,13,25,28H,11-12H2,1-3H3,(H,26,27). The topological polar surface area (TPSA) is 105 Å². The van der Waals surface area contributed by atoms with Crippen molar-refractivity contribution in [2.24, 2.45) is 0 Å². The average molecular weight is 467 g/mol. The fraction of sp³-hybridized carbons (Fsp3) is 0.318. The summed E-state index contributed by atoms with van der Waals surface area (Å²) in [7, 11) is -3.47. The van der Waals surface area contributed by atoms with Gasteiger partial charge in [0.25, 0.3) is 5.91 Å². The van der Waals surface area contributed by atoms with Crippen LogP contribution in [0.4, 0.5) is 8.78 Å². The Balaban J connectivity index is 2.19. The van der Waals surface area contributed by atoms with E-state index < -0.39 is 38.6 Å². The van der Waals surface area contributed by atoms with Crippen molar-refractivity contribution in [3.05, 3.63) is 71.4 Å². The van der Waals surface area contributed by atoms with Gasteiger partial charge in [0.05, 0.1) is 17.1 Å². The Morgan fingerprint density at radius 1 is 1.12 bits per heavy atom. The van der Waals surface area contributed by atoms with Crippen molar-refractivity contribution in [2.75, 3.05) is 12.9 Å². The summed E-state index contributed by atoms with van der Waals surface area (Å²) in [5.41, 5.74) is 1.83. The zero-order chi connectivity index (χ0) is 23.7.